The number of hydrogen-bond donors (Lipinski definition) is 2. The average Bonchev–Trinajstić information content (AvgIpc) is 2.09. The maximum Gasteiger partial charge on any atom is 0.402 e. The lowest BCUT2D eigenvalue weighted by atomic mass is 9.99. The average molecular weight is 269 g/mol. The molecule has 0 aliphatic heterocycles. The summed E-state index contributed by atoms with van der Waals surface area (Å²) in [6.45, 7) is 0.780. The van der Waals surface area contributed by atoms with Crippen LogP contribution in [0.5, 0.6) is 0 Å². The van der Waals surface area contributed by atoms with Crippen LogP contribution in [0.15, 0.2) is 0 Å². The van der Waals surface area contributed by atoms with E-state index in [1.54, 1.807) is 0 Å². The highest BCUT2D eigenvalue weighted by molar-refractivity contribution is 5.76. The molecule has 0 aromatic carbocycles. The molecule has 10 heteroatoms. The third-order valence-electron chi connectivity index (χ3n) is 1.72. The molecule has 0 aliphatic rings. The lowest BCUT2D eigenvalue weighted by Crippen LogP contribution is -2.54. The van der Waals surface area contributed by atoms with Gasteiger partial charge in [-0.2, -0.15) is 31.8 Å². The SMILES string of the molecule is CCOC(=O)C(NO)C(C(F)(F)F)C(F)(F)F. The number of alkyl halides is 6. The van der Waals surface area contributed by atoms with Crippen LogP contribution in [0.4, 0.5) is 26.3 Å². The number of ether oxygens (including phenoxy) is 1. The van der Waals surface area contributed by atoms with Crippen molar-refractivity contribution in [2.24, 2.45) is 5.92 Å². The Bertz CT molecular complexity index is 249. The van der Waals surface area contributed by atoms with Gasteiger partial charge in [-0.15, -0.1) is 0 Å². The van der Waals surface area contributed by atoms with Crippen LogP contribution in [0.1, 0.15) is 6.92 Å². The summed E-state index contributed by atoms with van der Waals surface area (Å²) in [6, 6.07) is -2.95. The van der Waals surface area contributed by atoms with Gasteiger partial charge in [0.05, 0.1) is 6.61 Å². The third kappa shape index (κ3) is 4.38. The molecule has 0 saturated heterocycles. The van der Waals surface area contributed by atoms with Crippen molar-refractivity contribution in [2.45, 2.75) is 25.3 Å². The second-order valence-electron chi connectivity index (χ2n) is 2.92. The molecule has 102 valence electrons. The van der Waals surface area contributed by atoms with Gasteiger partial charge in [0.15, 0.2) is 5.92 Å². The van der Waals surface area contributed by atoms with E-state index in [2.05, 4.69) is 4.74 Å². The van der Waals surface area contributed by atoms with Crippen molar-refractivity contribution >= 4 is 5.97 Å². The molecular weight excluding hydrogens is 260 g/mol. The first-order valence-corrected chi connectivity index (χ1v) is 4.25. The van der Waals surface area contributed by atoms with E-state index in [0.29, 0.717) is 5.48 Å². The highest BCUT2D eigenvalue weighted by Crippen LogP contribution is 2.41. The summed E-state index contributed by atoms with van der Waals surface area (Å²) >= 11 is 0. The number of carbonyl (C=O) groups excluding carboxylic acids is 1. The van der Waals surface area contributed by atoms with Gasteiger partial charge in [0, 0.05) is 0 Å². The topological polar surface area (TPSA) is 58.6 Å². The fourth-order valence-electron chi connectivity index (χ4n) is 1.06. The van der Waals surface area contributed by atoms with E-state index >= 15 is 0 Å². The van der Waals surface area contributed by atoms with Gasteiger partial charge in [0.1, 0.15) is 6.04 Å². The van der Waals surface area contributed by atoms with Crippen molar-refractivity contribution in [3.8, 4) is 0 Å². The molecule has 0 spiro atoms. The summed E-state index contributed by atoms with van der Waals surface area (Å²) in [5, 5.41) is 8.27. The highest BCUT2D eigenvalue weighted by Gasteiger charge is 2.62. The fourth-order valence-corrected chi connectivity index (χ4v) is 1.06. The van der Waals surface area contributed by atoms with E-state index < -0.39 is 36.9 Å². The lowest BCUT2D eigenvalue weighted by molar-refractivity contribution is -0.296. The monoisotopic (exact) mass is 269 g/mol. The molecule has 1 unspecified atom stereocenters. The molecule has 0 saturated carbocycles. The van der Waals surface area contributed by atoms with E-state index in [9.17, 15) is 31.1 Å². The lowest BCUT2D eigenvalue weighted by Gasteiger charge is -2.28. The Morgan fingerprint density at radius 2 is 1.65 bits per heavy atom. The number of halogens is 6. The first kappa shape index (κ1) is 16.0. The van der Waals surface area contributed by atoms with E-state index in [4.69, 9.17) is 5.21 Å². The molecule has 0 heterocycles. The van der Waals surface area contributed by atoms with E-state index in [1.807, 2.05) is 0 Å². The quantitative estimate of drug-likeness (QED) is 0.463. The fraction of sp³-hybridized carbons (Fsp3) is 0.857. The van der Waals surface area contributed by atoms with Crippen LogP contribution < -0.4 is 5.48 Å². The van der Waals surface area contributed by atoms with Crippen molar-refractivity contribution in [2.75, 3.05) is 6.61 Å². The van der Waals surface area contributed by atoms with Crippen molar-refractivity contribution < 1.29 is 41.1 Å². The number of rotatable bonds is 4. The first-order chi connectivity index (χ1) is 7.55. The molecule has 0 aromatic rings. The molecule has 0 amide bonds. The Hall–Kier alpha value is -1.03. The number of hydroxylamine groups is 1. The van der Waals surface area contributed by atoms with Gasteiger partial charge in [-0.1, -0.05) is 0 Å². The minimum absolute atomic E-state index is 0.417. The van der Waals surface area contributed by atoms with Crippen LogP contribution in [-0.2, 0) is 9.53 Å². The Morgan fingerprint density at radius 3 is 1.88 bits per heavy atom. The summed E-state index contributed by atoms with van der Waals surface area (Å²) in [4.78, 5) is 10.9. The molecule has 4 nitrogen and oxygen atoms in total. The minimum Gasteiger partial charge on any atom is -0.465 e. The number of carbonyl (C=O) groups is 1. The van der Waals surface area contributed by atoms with Gasteiger partial charge in [-0.05, 0) is 6.92 Å². The zero-order valence-electron chi connectivity index (χ0n) is 8.39. The third-order valence-corrected chi connectivity index (χ3v) is 1.72. The Balaban J connectivity index is 5.21. The van der Waals surface area contributed by atoms with Crippen molar-refractivity contribution in [1.82, 2.24) is 5.48 Å². The van der Waals surface area contributed by atoms with Gasteiger partial charge in [0.2, 0.25) is 0 Å². The largest absolute Gasteiger partial charge is 0.465 e. The summed E-state index contributed by atoms with van der Waals surface area (Å²) in [6.07, 6.45) is -11.5. The Morgan fingerprint density at radius 1 is 1.24 bits per heavy atom. The van der Waals surface area contributed by atoms with Gasteiger partial charge in [-0.25, -0.2) is 0 Å². The van der Waals surface area contributed by atoms with Crippen LogP contribution in [-0.4, -0.2) is 36.2 Å². The second-order valence-corrected chi connectivity index (χ2v) is 2.92. The summed E-state index contributed by atoms with van der Waals surface area (Å²) in [7, 11) is 0. The van der Waals surface area contributed by atoms with Gasteiger partial charge >= 0.3 is 18.3 Å². The van der Waals surface area contributed by atoms with Gasteiger partial charge in [-0.3, -0.25) is 4.79 Å². The predicted molar refractivity (Wildman–Crippen MR) is 40.9 cm³/mol. The molecule has 2 N–H and O–H groups in total. The number of hydrogen-bond acceptors (Lipinski definition) is 4. The van der Waals surface area contributed by atoms with Crippen molar-refractivity contribution in [1.29, 1.82) is 0 Å². The van der Waals surface area contributed by atoms with Crippen LogP contribution in [0.3, 0.4) is 0 Å². The van der Waals surface area contributed by atoms with Crippen molar-refractivity contribution in [3.63, 3.8) is 0 Å². The standard InChI is InChI=1S/C7H9F6NO3/c1-2-17-5(15)3(14-16)4(6(8,9)10)7(11,12)13/h3-4,14,16H,2H2,1H3. The molecule has 1 atom stereocenters. The molecule has 0 bridgehead atoms. The molecule has 0 rings (SSSR count). The van der Waals surface area contributed by atoms with Gasteiger partial charge < -0.3 is 9.94 Å². The normalized spacial score (nSPS) is 14.9. The molecular formula is C7H9F6NO3. The molecule has 0 radical (unpaired) electrons. The minimum atomic E-state index is -5.74. The maximum absolute atomic E-state index is 12.2. The zero-order chi connectivity index (χ0) is 13.9. The molecule has 0 aromatic heterocycles. The first-order valence-electron chi connectivity index (χ1n) is 4.25. The molecule has 0 aliphatic carbocycles. The van der Waals surface area contributed by atoms with E-state index in [1.165, 1.54) is 6.92 Å². The van der Waals surface area contributed by atoms with Crippen LogP contribution >= 0.6 is 0 Å². The van der Waals surface area contributed by atoms with Crippen LogP contribution in [0.2, 0.25) is 0 Å². The smallest absolute Gasteiger partial charge is 0.402 e. The summed E-state index contributed by atoms with van der Waals surface area (Å²) < 4.78 is 77.1. The Kier molecular flexibility index (Phi) is 5.20. The maximum atomic E-state index is 12.2. The zero-order valence-corrected chi connectivity index (χ0v) is 8.39. The van der Waals surface area contributed by atoms with Crippen LogP contribution in [0.25, 0.3) is 0 Å². The molecule has 17 heavy (non-hydrogen) atoms. The van der Waals surface area contributed by atoms with Crippen molar-refractivity contribution in [3.05, 3.63) is 0 Å². The van der Waals surface area contributed by atoms with E-state index in [-0.39, 0.29) is 0 Å². The number of nitrogens with one attached hydrogen (secondary N) is 1. The Labute approximate surface area is 91.5 Å². The molecule has 0 fully saturated rings. The number of esters is 1. The van der Waals surface area contributed by atoms with E-state index in [0.717, 1.165) is 0 Å². The van der Waals surface area contributed by atoms with Gasteiger partial charge in [0.25, 0.3) is 0 Å². The predicted octanol–water partition coefficient (Wildman–Crippen LogP) is 1.64. The second kappa shape index (κ2) is 5.54. The highest BCUT2D eigenvalue weighted by atomic mass is 19.4. The summed E-state index contributed by atoms with van der Waals surface area (Å²) in [5.74, 6) is -5.88. The van der Waals surface area contributed by atoms with Crippen LogP contribution in [0, 0.1) is 5.92 Å². The summed E-state index contributed by atoms with van der Waals surface area (Å²) in [5.41, 5.74) is 0.685.